The Morgan fingerprint density at radius 1 is 1.11 bits per heavy atom. The van der Waals surface area contributed by atoms with E-state index in [9.17, 15) is 13.2 Å². The highest BCUT2D eigenvalue weighted by molar-refractivity contribution is 5.71. The number of ether oxygens (including phenoxy) is 1. The highest BCUT2D eigenvalue weighted by atomic mass is 19.4. The van der Waals surface area contributed by atoms with Gasteiger partial charge in [0.2, 0.25) is 6.21 Å². The monoisotopic (exact) mass is 277 g/mol. The van der Waals surface area contributed by atoms with Gasteiger partial charge < -0.3 is 9.64 Å². The molecule has 3 nitrogen and oxygen atoms in total. The number of halogens is 3. The van der Waals surface area contributed by atoms with Gasteiger partial charge in [-0.15, -0.1) is 0 Å². The molecule has 2 fully saturated rings. The van der Waals surface area contributed by atoms with Crippen LogP contribution >= 0.6 is 0 Å². The average Bonchev–Trinajstić information content (AvgIpc) is 2.97. The molecule has 0 bridgehead atoms. The molecule has 0 aliphatic carbocycles. The fraction of sp³-hybridized carbons (Fsp3) is 0.769. The molecule has 19 heavy (non-hydrogen) atoms. The van der Waals surface area contributed by atoms with E-state index in [1.807, 2.05) is 9.48 Å². The standard InChI is InChI=1S/C13H20F3N2O/c14-13(15,16)11-19-12(9-17-5-1-2-6-17)10-18-7-3-4-8-18/h9-10H,1-8,11H2/q+1. The van der Waals surface area contributed by atoms with E-state index in [0.29, 0.717) is 5.76 Å². The molecule has 0 spiro atoms. The number of hydrogen-bond acceptors (Lipinski definition) is 2. The molecule has 0 unspecified atom stereocenters. The fourth-order valence-electron chi connectivity index (χ4n) is 2.37. The molecule has 2 saturated heterocycles. The van der Waals surface area contributed by atoms with E-state index >= 15 is 0 Å². The number of hydrogen-bond donors (Lipinski definition) is 0. The third kappa shape index (κ3) is 5.12. The third-order valence-electron chi connectivity index (χ3n) is 3.30. The van der Waals surface area contributed by atoms with Crippen molar-refractivity contribution in [2.75, 3.05) is 32.8 Å². The van der Waals surface area contributed by atoms with Crippen LogP contribution in [0.1, 0.15) is 25.7 Å². The van der Waals surface area contributed by atoms with Crippen molar-refractivity contribution in [3.05, 3.63) is 12.0 Å². The molecular weight excluding hydrogens is 257 g/mol. The zero-order valence-electron chi connectivity index (χ0n) is 11.0. The first-order valence-electron chi connectivity index (χ1n) is 6.77. The van der Waals surface area contributed by atoms with Crippen molar-refractivity contribution in [3.8, 4) is 0 Å². The van der Waals surface area contributed by atoms with Crippen LogP contribution in [0.15, 0.2) is 12.0 Å². The van der Waals surface area contributed by atoms with E-state index in [0.717, 1.165) is 51.9 Å². The molecule has 108 valence electrons. The van der Waals surface area contributed by atoms with Gasteiger partial charge in [-0.1, -0.05) is 0 Å². The minimum absolute atomic E-state index is 0.320. The summed E-state index contributed by atoms with van der Waals surface area (Å²) in [4.78, 5) is 2.03. The van der Waals surface area contributed by atoms with Crippen molar-refractivity contribution >= 4 is 6.21 Å². The van der Waals surface area contributed by atoms with E-state index < -0.39 is 12.8 Å². The lowest BCUT2D eigenvalue weighted by atomic mass is 10.4. The van der Waals surface area contributed by atoms with Crippen molar-refractivity contribution < 1.29 is 22.5 Å². The van der Waals surface area contributed by atoms with E-state index in [-0.39, 0.29) is 0 Å². The summed E-state index contributed by atoms with van der Waals surface area (Å²) in [5, 5.41) is 0. The second kappa shape index (κ2) is 6.30. The molecule has 0 atom stereocenters. The second-order valence-corrected chi connectivity index (χ2v) is 5.05. The minimum Gasteiger partial charge on any atom is -0.477 e. The molecule has 6 heteroatoms. The van der Waals surface area contributed by atoms with Gasteiger partial charge in [0, 0.05) is 32.1 Å². The Morgan fingerprint density at radius 3 is 2.32 bits per heavy atom. The van der Waals surface area contributed by atoms with Gasteiger partial charge in [0.15, 0.2) is 12.4 Å². The molecule has 0 N–H and O–H groups in total. The maximum absolute atomic E-state index is 12.2. The maximum atomic E-state index is 12.2. The summed E-state index contributed by atoms with van der Waals surface area (Å²) in [5.41, 5.74) is 0. The van der Waals surface area contributed by atoms with Crippen LogP contribution < -0.4 is 0 Å². The van der Waals surface area contributed by atoms with E-state index in [1.165, 1.54) is 0 Å². The fourth-order valence-corrected chi connectivity index (χ4v) is 2.37. The normalized spacial score (nSPS) is 21.1. The lowest BCUT2D eigenvalue weighted by Crippen LogP contribution is -2.21. The van der Waals surface area contributed by atoms with Crippen LogP contribution in [0, 0.1) is 0 Å². The molecule has 0 saturated carbocycles. The summed E-state index contributed by atoms with van der Waals surface area (Å²) in [6, 6.07) is 0. The number of rotatable bonds is 4. The van der Waals surface area contributed by atoms with Gasteiger partial charge >= 0.3 is 6.18 Å². The Labute approximate surface area is 111 Å². The third-order valence-corrected chi connectivity index (χ3v) is 3.30. The van der Waals surface area contributed by atoms with E-state index in [4.69, 9.17) is 4.74 Å². The first kappa shape index (κ1) is 14.2. The maximum Gasteiger partial charge on any atom is 0.422 e. The molecule has 0 radical (unpaired) electrons. The molecule has 2 heterocycles. The number of nitrogens with zero attached hydrogens (tertiary/aromatic N) is 2. The van der Waals surface area contributed by atoms with Gasteiger partial charge in [-0.3, -0.25) is 0 Å². The Balaban J connectivity index is 2.01. The summed E-state index contributed by atoms with van der Waals surface area (Å²) in [6.45, 7) is 2.36. The smallest absolute Gasteiger partial charge is 0.422 e. The predicted octanol–water partition coefficient (Wildman–Crippen LogP) is 2.38. The minimum atomic E-state index is -4.29. The van der Waals surface area contributed by atoms with Gasteiger partial charge in [-0.05, 0) is 12.8 Å². The van der Waals surface area contributed by atoms with Gasteiger partial charge in [0.25, 0.3) is 0 Å². The summed E-state index contributed by atoms with van der Waals surface area (Å²) in [6.07, 6.45) is 3.51. The van der Waals surface area contributed by atoms with Crippen LogP contribution in [0.25, 0.3) is 0 Å². The van der Waals surface area contributed by atoms with E-state index in [2.05, 4.69) is 0 Å². The Hall–Kier alpha value is -1.20. The molecule has 2 aliphatic heterocycles. The van der Waals surface area contributed by atoms with Crippen LogP contribution in [-0.2, 0) is 4.74 Å². The van der Waals surface area contributed by atoms with Gasteiger partial charge in [-0.2, -0.15) is 13.2 Å². The first-order chi connectivity index (χ1) is 9.03. The highest BCUT2D eigenvalue weighted by Crippen LogP contribution is 2.17. The highest BCUT2D eigenvalue weighted by Gasteiger charge is 2.29. The number of allylic oxidation sites excluding steroid dienone is 1. The summed E-state index contributed by atoms with van der Waals surface area (Å²) in [7, 11) is 0. The van der Waals surface area contributed by atoms with Crippen LogP contribution in [0.4, 0.5) is 13.2 Å². The van der Waals surface area contributed by atoms with E-state index in [1.54, 1.807) is 12.4 Å². The Morgan fingerprint density at radius 2 is 1.74 bits per heavy atom. The van der Waals surface area contributed by atoms with Gasteiger partial charge in [0.1, 0.15) is 13.1 Å². The van der Waals surface area contributed by atoms with Crippen LogP contribution in [0.5, 0.6) is 0 Å². The Bertz CT molecular complexity index is 349. The summed E-state index contributed by atoms with van der Waals surface area (Å²) < 4.78 is 43.7. The molecular formula is C13H20F3N2O+. The molecule has 0 amide bonds. The Kier molecular flexibility index (Phi) is 4.71. The van der Waals surface area contributed by atoms with Gasteiger partial charge in [0.05, 0.1) is 0 Å². The zero-order chi connectivity index (χ0) is 13.7. The lowest BCUT2D eigenvalue weighted by molar-refractivity contribution is -0.501. The SMILES string of the molecule is FC(F)(F)CO/C(C=[N+]1CCCC1)=C\N1CCCC1. The van der Waals surface area contributed by atoms with Crippen molar-refractivity contribution in [1.82, 2.24) is 4.90 Å². The number of likely N-dealkylation sites (tertiary alicyclic amines) is 1. The number of alkyl halides is 3. The van der Waals surface area contributed by atoms with Crippen molar-refractivity contribution in [1.29, 1.82) is 0 Å². The quantitative estimate of drug-likeness (QED) is 0.579. The zero-order valence-corrected chi connectivity index (χ0v) is 11.0. The van der Waals surface area contributed by atoms with Gasteiger partial charge in [-0.25, -0.2) is 4.58 Å². The molecule has 2 aliphatic rings. The van der Waals surface area contributed by atoms with Crippen molar-refractivity contribution in [2.45, 2.75) is 31.9 Å². The molecule has 0 aromatic heterocycles. The predicted molar refractivity (Wildman–Crippen MR) is 66.2 cm³/mol. The molecule has 0 aromatic rings. The van der Waals surface area contributed by atoms with Crippen molar-refractivity contribution in [3.63, 3.8) is 0 Å². The summed E-state index contributed by atoms with van der Waals surface area (Å²) in [5.74, 6) is 0.320. The second-order valence-electron chi connectivity index (χ2n) is 5.05. The summed E-state index contributed by atoms with van der Waals surface area (Å²) >= 11 is 0. The molecule has 0 aromatic carbocycles. The first-order valence-corrected chi connectivity index (χ1v) is 6.77. The van der Waals surface area contributed by atoms with Crippen molar-refractivity contribution in [2.24, 2.45) is 0 Å². The molecule has 2 rings (SSSR count). The van der Waals surface area contributed by atoms with Crippen LogP contribution in [-0.4, -0.2) is 54.7 Å². The lowest BCUT2D eigenvalue weighted by Gasteiger charge is -2.14. The largest absolute Gasteiger partial charge is 0.477 e. The topological polar surface area (TPSA) is 15.5 Å². The van der Waals surface area contributed by atoms with Crippen LogP contribution in [0.3, 0.4) is 0 Å². The average molecular weight is 277 g/mol. The van der Waals surface area contributed by atoms with Crippen LogP contribution in [0.2, 0.25) is 0 Å².